The molecule has 2 saturated carbocycles. The van der Waals surface area contributed by atoms with Gasteiger partial charge in [-0.15, -0.1) is 0 Å². The summed E-state index contributed by atoms with van der Waals surface area (Å²) in [5.41, 5.74) is -0.193. The highest BCUT2D eigenvalue weighted by Gasteiger charge is 2.69. The van der Waals surface area contributed by atoms with Crippen LogP contribution in [0.1, 0.15) is 49.7 Å². The van der Waals surface area contributed by atoms with Crippen LogP contribution in [-0.2, 0) is 19.7 Å². The van der Waals surface area contributed by atoms with Crippen molar-refractivity contribution in [3.05, 3.63) is 35.5 Å². The number of H-pyrrole nitrogens is 1. The molecule has 206 valence electrons. The van der Waals surface area contributed by atoms with Gasteiger partial charge in [0.1, 0.15) is 17.8 Å². The minimum absolute atomic E-state index is 0.0357. The van der Waals surface area contributed by atoms with Gasteiger partial charge in [0, 0.05) is 17.4 Å². The van der Waals surface area contributed by atoms with Crippen LogP contribution in [0.5, 0.6) is 0 Å². The fourth-order valence-corrected chi connectivity index (χ4v) is 6.67. The van der Waals surface area contributed by atoms with E-state index in [-0.39, 0.29) is 29.1 Å². The number of aromatic nitrogens is 1. The quantitative estimate of drug-likeness (QED) is 0.310. The zero-order valence-corrected chi connectivity index (χ0v) is 22.6. The molecule has 1 aliphatic heterocycles. The minimum Gasteiger partial charge on any atom is -0.374 e. The summed E-state index contributed by atoms with van der Waals surface area (Å²) in [7, 11) is -4.79. The fraction of sp³-hybridized carbons (Fsp3) is 0.577. The molecule has 12 heteroatoms. The van der Waals surface area contributed by atoms with Gasteiger partial charge in [-0.05, 0) is 67.6 Å². The van der Waals surface area contributed by atoms with Crippen molar-refractivity contribution in [2.75, 3.05) is 6.54 Å². The maximum atomic E-state index is 13.8. The van der Waals surface area contributed by atoms with Crippen LogP contribution in [0.2, 0.25) is 0 Å². The van der Waals surface area contributed by atoms with Gasteiger partial charge in [-0.2, -0.15) is 8.42 Å². The number of benzene rings is 1. The first kappa shape index (κ1) is 26.6. The minimum atomic E-state index is -4.79. The van der Waals surface area contributed by atoms with Crippen LogP contribution in [0.15, 0.2) is 24.3 Å². The van der Waals surface area contributed by atoms with Gasteiger partial charge in [0.25, 0.3) is 16.0 Å². The third kappa shape index (κ3) is 4.58. The summed E-state index contributed by atoms with van der Waals surface area (Å²) in [5, 5.41) is 16.1. The molecule has 0 bridgehead atoms. The van der Waals surface area contributed by atoms with Gasteiger partial charge in [0.05, 0.1) is 6.04 Å². The molecule has 11 nitrogen and oxygen atoms in total. The van der Waals surface area contributed by atoms with E-state index < -0.39 is 45.5 Å². The van der Waals surface area contributed by atoms with E-state index in [4.69, 9.17) is 4.55 Å². The van der Waals surface area contributed by atoms with Crippen LogP contribution in [0.4, 0.5) is 0 Å². The van der Waals surface area contributed by atoms with E-state index >= 15 is 0 Å². The van der Waals surface area contributed by atoms with Crippen molar-refractivity contribution < 1.29 is 32.5 Å². The Hall–Kier alpha value is -2.96. The third-order valence-corrected chi connectivity index (χ3v) is 9.65. The summed E-state index contributed by atoms with van der Waals surface area (Å²) in [6, 6.07) is 4.52. The van der Waals surface area contributed by atoms with E-state index in [0.29, 0.717) is 12.2 Å². The number of aryl methyl sites for hydroxylation is 1. The molecule has 3 fully saturated rings. The standard InChI is InChI=1S/C26H34N4O7S/c1-12-6-5-7-17-15(12)10-18(28-17)22(31)29-20(14-8-9-14)24(33)30-11-16-19(26(16,3)4)21(30)23(32)27-13(2)25(34)38(35,36)37/h5-7,10,13-14,16,19-21,25,28,34H,8-9,11H2,1-4H3,(H,27,32)(H,29,31)(H,35,36,37)/t13-,16-,19-,20-,21-,25?/m0/s1. The van der Waals surface area contributed by atoms with Gasteiger partial charge in [0.15, 0.2) is 0 Å². The number of piperidine rings is 1. The normalized spacial score (nSPS) is 26.4. The second kappa shape index (κ2) is 9.06. The molecule has 2 heterocycles. The number of aliphatic hydroxyl groups is 1. The van der Waals surface area contributed by atoms with Crippen molar-refractivity contribution in [1.82, 2.24) is 20.5 Å². The molecule has 5 rings (SSSR count). The molecular formula is C26H34N4O7S. The largest absolute Gasteiger partial charge is 0.374 e. The Morgan fingerprint density at radius 3 is 2.47 bits per heavy atom. The molecule has 3 amide bonds. The lowest BCUT2D eigenvalue weighted by Gasteiger charge is -2.34. The topological polar surface area (TPSA) is 169 Å². The van der Waals surface area contributed by atoms with Crippen LogP contribution in [0.25, 0.3) is 10.9 Å². The van der Waals surface area contributed by atoms with Gasteiger partial charge in [0.2, 0.25) is 17.3 Å². The van der Waals surface area contributed by atoms with Crippen LogP contribution in [0, 0.1) is 30.1 Å². The number of likely N-dealkylation sites (tertiary alicyclic amines) is 1. The van der Waals surface area contributed by atoms with Crippen molar-refractivity contribution in [2.45, 2.75) is 64.1 Å². The molecule has 38 heavy (non-hydrogen) atoms. The lowest BCUT2D eigenvalue weighted by Crippen LogP contribution is -2.58. The predicted octanol–water partition coefficient (Wildman–Crippen LogP) is 1.18. The number of nitrogens with one attached hydrogen (secondary N) is 3. The van der Waals surface area contributed by atoms with Gasteiger partial charge in [-0.1, -0.05) is 26.0 Å². The molecule has 1 saturated heterocycles. The monoisotopic (exact) mass is 546 g/mol. The number of hydrogen-bond donors (Lipinski definition) is 5. The van der Waals surface area contributed by atoms with Crippen molar-refractivity contribution in [3.8, 4) is 0 Å². The first-order valence-corrected chi connectivity index (χ1v) is 14.4. The van der Waals surface area contributed by atoms with Gasteiger partial charge in [-0.25, -0.2) is 0 Å². The van der Waals surface area contributed by atoms with Gasteiger partial charge in [-0.3, -0.25) is 18.9 Å². The predicted molar refractivity (Wildman–Crippen MR) is 138 cm³/mol. The Morgan fingerprint density at radius 2 is 1.87 bits per heavy atom. The number of carbonyl (C=O) groups is 3. The second-order valence-corrected chi connectivity index (χ2v) is 13.1. The molecule has 5 N–H and O–H groups in total. The van der Waals surface area contributed by atoms with Crippen molar-refractivity contribution in [2.24, 2.45) is 23.2 Å². The van der Waals surface area contributed by atoms with E-state index in [1.807, 2.05) is 39.0 Å². The molecule has 2 aliphatic carbocycles. The number of fused-ring (bicyclic) bond motifs is 2. The zero-order chi connectivity index (χ0) is 27.7. The van der Waals surface area contributed by atoms with Crippen LogP contribution >= 0.6 is 0 Å². The van der Waals surface area contributed by atoms with E-state index in [2.05, 4.69) is 15.6 Å². The number of aromatic amines is 1. The summed E-state index contributed by atoms with van der Waals surface area (Å²) in [4.78, 5) is 44.9. The molecule has 0 radical (unpaired) electrons. The number of hydrogen-bond acceptors (Lipinski definition) is 6. The summed E-state index contributed by atoms with van der Waals surface area (Å²) in [6.07, 6.45) is 1.56. The number of nitrogens with zero attached hydrogens (tertiary/aromatic N) is 1. The Balaban J connectivity index is 1.35. The highest BCUT2D eigenvalue weighted by atomic mass is 32.2. The first-order valence-electron chi connectivity index (χ1n) is 12.9. The maximum absolute atomic E-state index is 13.8. The molecule has 6 atom stereocenters. The third-order valence-electron chi connectivity index (χ3n) is 8.64. The van der Waals surface area contributed by atoms with Crippen LogP contribution < -0.4 is 10.6 Å². The number of rotatable bonds is 8. The average molecular weight is 547 g/mol. The molecular weight excluding hydrogens is 512 g/mol. The van der Waals surface area contributed by atoms with Gasteiger partial charge < -0.3 is 25.6 Å². The molecule has 1 aromatic heterocycles. The van der Waals surface area contributed by atoms with Gasteiger partial charge >= 0.3 is 0 Å². The highest BCUT2D eigenvalue weighted by molar-refractivity contribution is 7.86. The van der Waals surface area contributed by atoms with Crippen LogP contribution in [-0.4, -0.2) is 75.8 Å². The summed E-state index contributed by atoms with van der Waals surface area (Å²) < 4.78 is 31.8. The number of amides is 3. The highest BCUT2D eigenvalue weighted by Crippen LogP contribution is 2.65. The van der Waals surface area contributed by atoms with Crippen LogP contribution in [0.3, 0.4) is 0 Å². The fourth-order valence-electron chi connectivity index (χ4n) is 6.09. The summed E-state index contributed by atoms with van der Waals surface area (Å²) in [6.45, 7) is 7.59. The SMILES string of the molecule is Cc1cccc2[nH]c(C(=O)N[C@H](C(=O)N3C[C@H]4[C@@H]([C@H]3C(=O)N[C@@H](C)C(O)S(=O)(=O)O)C4(C)C)C3CC3)cc12. The molecule has 1 aromatic carbocycles. The molecule has 2 aromatic rings. The zero-order valence-electron chi connectivity index (χ0n) is 21.8. The summed E-state index contributed by atoms with van der Waals surface area (Å²) >= 11 is 0. The van der Waals surface area contributed by atoms with Crippen molar-refractivity contribution >= 4 is 38.7 Å². The number of carbonyl (C=O) groups excluding carboxylic acids is 3. The van der Waals surface area contributed by atoms with E-state index in [9.17, 15) is 27.9 Å². The van der Waals surface area contributed by atoms with E-state index in [1.165, 1.54) is 11.8 Å². The Kier molecular flexibility index (Phi) is 6.35. The Bertz CT molecular complexity index is 1410. The lowest BCUT2D eigenvalue weighted by atomic mass is 9.99. The molecule has 1 unspecified atom stereocenters. The maximum Gasteiger partial charge on any atom is 0.294 e. The van der Waals surface area contributed by atoms with Crippen molar-refractivity contribution in [1.29, 1.82) is 0 Å². The Morgan fingerprint density at radius 1 is 1.18 bits per heavy atom. The lowest BCUT2D eigenvalue weighted by molar-refractivity contribution is -0.142. The summed E-state index contributed by atoms with van der Waals surface area (Å²) in [5.74, 6) is -1.45. The second-order valence-electron chi connectivity index (χ2n) is 11.6. The van der Waals surface area contributed by atoms with E-state index in [1.54, 1.807) is 6.07 Å². The molecule has 0 spiro atoms. The number of aliphatic hydroxyl groups excluding tert-OH is 1. The Labute approximate surface area is 221 Å². The molecule has 3 aliphatic rings. The van der Waals surface area contributed by atoms with Crippen molar-refractivity contribution in [3.63, 3.8) is 0 Å². The smallest absolute Gasteiger partial charge is 0.294 e. The van der Waals surface area contributed by atoms with E-state index in [0.717, 1.165) is 29.3 Å². The first-order chi connectivity index (χ1) is 17.7. The average Bonchev–Trinajstić information content (AvgIpc) is 3.61.